The number of hydrogen-bond donors (Lipinski definition) is 0. The first-order chi connectivity index (χ1) is 7.51. The average molecular weight is 306 g/mol. The predicted octanol–water partition coefficient (Wildman–Crippen LogP) is 2.80. The molecule has 0 atom stereocenters. The number of ketones is 2. The van der Waals surface area contributed by atoms with Crippen molar-refractivity contribution in [2.45, 2.75) is 6.92 Å². The maximum absolute atomic E-state index is 11.7. The summed E-state index contributed by atoms with van der Waals surface area (Å²) in [4.78, 5) is 23.0. The smallest absolute Gasteiger partial charge is 0.233 e. The van der Waals surface area contributed by atoms with Gasteiger partial charge in [0.05, 0.1) is 18.0 Å². The zero-order valence-corrected chi connectivity index (χ0v) is 11.2. The molecule has 0 fully saturated rings. The summed E-state index contributed by atoms with van der Waals surface area (Å²) in [5, 5.41) is 0.393. The fourth-order valence-electron chi connectivity index (χ4n) is 1.38. The molecule has 5 heteroatoms. The second-order valence-corrected chi connectivity index (χ2v) is 4.19. The van der Waals surface area contributed by atoms with Gasteiger partial charge in [-0.3, -0.25) is 9.59 Å². The third-order valence-electron chi connectivity index (χ3n) is 2.06. The summed E-state index contributed by atoms with van der Waals surface area (Å²) in [7, 11) is 1.45. The van der Waals surface area contributed by atoms with Crippen molar-refractivity contribution in [1.82, 2.24) is 0 Å². The molecule has 0 aliphatic rings. The number of rotatable bonds is 4. The number of benzene rings is 1. The number of hydrogen-bond acceptors (Lipinski definition) is 3. The van der Waals surface area contributed by atoms with Gasteiger partial charge in [-0.25, -0.2) is 0 Å². The Morgan fingerprint density at radius 2 is 2.06 bits per heavy atom. The second kappa shape index (κ2) is 5.46. The molecule has 0 amide bonds. The van der Waals surface area contributed by atoms with Crippen LogP contribution in [-0.4, -0.2) is 24.0 Å². The molecule has 0 aromatic heterocycles. The normalized spacial score (nSPS) is 10.0. The SMILES string of the molecule is COc1c(C)cc(Cl)cc1C(=O)C(=O)CBr. The molecule has 0 saturated carbocycles. The number of carbonyl (C=O) groups is 2. The molecule has 16 heavy (non-hydrogen) atoms. The van der Waals surface area contributed by atoms with Gasteiger partial charge in [0.15, 0.2) is 0 Å². The zero-order valence-electron chi connectivity index (χ0n) is 8.84. The van der Waals surface area contributed by atoms with Gasteiger partial charge in [-0.2, -0.15) is 0 Å². The van der Waals surface area contributed by atoms with E-state index in [0.29, 0.717) is 10.8 Å². The van der Waals surface area contributed by atoms with Crippen LogP contribution in [0.2, 0.25) is 5.02 Å². The summed E-state index contributed by atoms with van der Waals surface area (Å²) in [5.74, 6) is -0.733. The highest BCUT2D eigenvalue weighted by atomic mass is 79.9. The Morgan fingerprint density at radius 3 is 2.56 bits per heavy atom. The average Bonchev–Trinajstić information content (AvgIpc) is 2.26. The molecule has 1 aromatic carbocycles. The number of Topliss-reactive ketones (excluding diaryl/α,β-unsaturated/α-hetero) is 2. The number of alkyl halides is 1. The fraction of sp³-hybridized carbons (Fsp3) is 0.273. The van der Waals surface area contributed by atoms with Crippen molar-refractivity contribution >= 4 is 39.1 Å². The summed E-state index contributed by atoms with van der Waals surface area (Å²) in [6.45, 7) is 1.76. The van der Waals surface area contributed by atoms with Crippen molar-refractivity contribution in [3.63, 3.8) is 0 Å². The van der Waals surface area contributed by atoms with Crippen LogP contribution in [0.5, 0.6) is 5.75 Å². The highest BCUT2D eigenvalue weighted by Crippen LogP contribution is 2.28. The highest BCUT2D eigenvalue weighted by molar-refractivity contribution is 9.09. The van der Waals surface area contributed by atoms with E-state index in [1.54, 1.807) is 13.0 Å². The van der Waals surface area contributed by atoms with E-state index in [4.69, 9.17) is 16.3 Å². The van der Waals surface area contributed by atoms with Crippen LogP contribution in [0.15, 0.2) is 12.1 Å². The van der Waals surface area contributed by atoms with E-state index in [9.17, 15) is 9.59 Å². The van der Waals surface area contributed by atoms with Crippen LogP contribution in [0.25, 0.3) is 0 Å². The van der Waals surface area contributed by atoms with Crippen molar-refractivity contribution in [3.05, 3.63) is 28.3 Å². The number of aryl methyl sites for hydroxylation is 1. The van der Waals surface area contributed by atoms with E-state index >= 15 is 0 Å². The first-order valence-corrected chi connectivity index (χ1v) is 5.98. The van der Waals surface area contributed by atoms with Crippen molar-refractivity contribution in [2.75, 3.05) is 12.4 Å². The van der Waals surface area contributed by atoms with Crippen LogP contribution < -0.4 is 4.74 Å². The standard InChI is InChI=1S/C11H10BrClO3/c1-6-3-7(13)4-8(11(6)16-2)10(15)9(14)5-12/h3-4H,5H2,1-2H3. The minimum absolute atomic E-state index is 0.0133. The quantitative estimate of drug-likeness (QED) is 0.488. The van der Waals surface area contributed by atoms with Gasteiger partial charge in [0.1, 0.15) is 5.75 Å². The van der Waals surface area contributed by atoms with Gasteiger partial charge in [-0.1, -0.05) is 27.5 Å². The molecular weight excluding hydrogens is 295 g/mol. The molecule has 0 unspecified atom stereocenters. The van der Waals surface area contributed by atoms with E-state index in [-0.39, 0.29) is 10.9 Å². The second-order valence-electron chi connectivity index (χ2n) is 3.19. The van der Waals surface area contributed by atoms with Crippen LogP contribution >= 0.6 is 27.5 Å². The van der Waals surface area contributed by atoms with E-state index in [2.05, 4.69) is 15.9 Å². The van der Waals surface area contributed by atoms with Crippen molar-refractivity contribution in [1.29, 1.82) is 0 Å². The lowest BCUT2D eigenvalue weighted by Gasteiger charge is -2.10. The molecule has 1 rings (SSSR count). The van der Waals surface area contributed by atoms with Gasteiger partial charge in [-0.15, -0.1) is 0 Å². The van der Waals surface area contributed by atoms with Crippen molar-refractivity contribution < 1.29 is 14.3 Å². The molecule has 0 spiro atoms. The molecule has 0 radical (unpaired) electrons. The molecule has 0 saturated heterocycles. The van der Waals surface area contributed by atoms with Crippen LogP contribution in [0.1, 0.15) is 15.9 Å². The van der Waals surface area contributed by atoms with Crippen LogP contribution in [0.3, 0.4) is 0 Å². The number of methoxy groups -OCH3 is 1. The first kappa shape index (κ1) is 13.2. The summed E-state index contributed by atoms with van der Waals surface area (Å²) < 4.78 is 5.10. The molecule has 3 nitrogen and oxygen atoms in total. The Balaban J connectivity index is 3.31. The Kier molecular flexibility index (Phi) is 4.50. The van der Waals surface area contributed by atoms with Gasteiger partial charge in [0.25, 0.3) is 0 Å². The summed E-state index contributed by atoms with van der Waals surface area (Å²) in [6.07, 6.45) is 0. The number of ether oxygens (including phenoxy) is 1. The van der Waals surface area contributed by atoms with Crippen molar-refractivity contribution in [2.24, 2.45) is 0 Å². The third-order valence-corrected chi connectivity index (χ3v) is 2.79. The topological polar surface area (TPSA) is 43.4 Å². The largest absolute Gasteiger partial charge is 0.496 e. The minimum atomic E-state index is -0.598. The summed E-state index contributed by atoms with van der Waals surface area (Å²) >= 11 is 8.79. The van der Waals surface area contributed by atoms with Crippen LogP contribution in [0.4, 0.5) is 0 Å². The van der Waals surface area contributed by atoms with Gasteiger partial charge < -0.3 is 4.74 Å². The molecule has 0 heterocycles. The summed E-state index contributed by atoms with van der Waals surface area (Å²) in [5.41, 5.74) is 0.928. The third kappa shape index (κ3) is 2.62. The minimum Gasteiger partial charge on any atom is -0.496 e. The number of carbonyl (C=O) groups excluding carboxylic acids is 2. The van der Waals surface area contributed by atoms with Gasteiger partial charge in [0, 0.05) is 5.02 Å². The Bertz CT molecular complexity index is 443. The molecule has 86 valence electrons. The van der Waals surface area contributed by atoms with E-state index < -0.39 is 11.6 Å². The highest BCUT2D eigenvalue weighted by Gasteiger charge is 2.21. The van der Waals surface area contributed by atoms with Crippen molar-refractivity contribution in [3.8, 4) is 5.75 Å². The fourth-order valence-corrected chi connectivity index (χ4v) is 1.91. The molecule has 0 bridgehead atoms. The van der Waals surface area contributed by atoms with E-state index in [1.807, 2.05) is 0 Å². The Labute approximate surface area is 107 Å². The van der Waals surface area contributed by atoms with Crippen LogP contribution in [0, 0.1) is 6.92 Å². The Morgan fingerprint density at radius 1 is 1.44 bits per heavy atom. The predicted molar refractivity (Wildman–Crippen MR) is 65.9 cm³/mol. The molecule has 1 aromatic rings. The van der Waals surface area contributed by atoms with Gasteiger partial charge in [0.2, 0.25) is 11.6 Å². The van der Waals surface area contributed by atoms with Crippen LogP contribution in [-0.2, 0) is 4.79 Å². The maximum atomic E-state index is 11.7. The van der Waals surface area contributed by atoms with Gasteiger partial charge >= 0.3 is 0 Å². The molecule has 0 aliphatic heterocycles. The Hall–Kier alpha value is -0.870. The lowest BCUT2D eigenvalue weighted by molar-refractivity contribution is -0.112. The molecular formula is C11H10BrClO3. The first-order valence-electron chi connectivity index (χ1n) is 4.49. The van der Waals surface area contributed by atoms with Gasteiger partial charge in [-0.05, 0) is 24.6 Å². The summed E-state index contributed by atoms with van der Waals surface area (Å²) in [6, 6.07) is 3.12. The number of halogens is 2. The van der Waals surface area contributed by atoms with E-state index in [0.717, 1.165) is 5.56 Å². The zero-order chi connectivity index (χ0) is 12.3. The maximum Gasteiger partial charge on any atom is 0.233 e. The lowest BCUT2D eigenvalue weighted by Crippen LogP contribution is -2.16. The lowest BCUT2D eigenvalue weighted by atomic mass is 10.0. The monoisotopic (exact) mass is 304 g/mol. The van der Waals surface area contributed by atoms with E-state index in [1.165, 1.54) is 13.2 Å². The molecule has 0 aliphatic carbocycles. The molecule has 0 N–H and O–H groups in total.